The standard InChI is InChI=1S/C18H23ClN4OS/c1-2-23(15-6-4-3-5-7-15)16(24)12-25-18-20-17(21-22-18)13-8-10-14(19)11-9-13/h8-11,15H,2-7,12H2,1H3,(H,20,21,22). The SMILES string of the molecule is CCN(C(=O)CSc1n[nH]c(-c2ccc(Cl)cc2)n1)C1CCCCC1. The summed E-state index contributed by atoms with van der Waals surface area (Å²) in [5, 5.41) is 8.41. The molecule has 0 bridgehead atoms. The first kappa shape index (κ1) is 18.3. The van der Waals surface area contributed by atoms with Gasteiger partial charge in [0, 0.05) is 23.2 Å². The number of hydrogen-bond donors (Lipinski definition) is 1. The van der Waals surface area contributed by atoms with Gasteiger partial charge in [0.2, 0.25) is 11.1 Å². The number of hydrogen-bond acceptors (Lipinski definition) is 4. The minimum absolute atomic E-state index is 0.178. The van der Waals surface area contributed by atoms with Gasteiger partial charge in [0.1, 0.15) is 0 Å². The molecule has 0 saturated heterocycles. The molecule has 1 heterocycles. The summed E-state index contributed by atoms with van der Waals surface area (Å²) in [4.78, 5) is 19.1. The lowest BCUT2D eigenvalue weighted by molar-refractivity contribution is -0.131. The molecule has 5 nitrogen and oxygen atoms in total. The summed E-state index contributed by atoms with van der Waals surface area (Å²) in [7, 11) is 0. The van der Waals surface area contributed by atoms with E-state index in [9.17, 15) is 4.79 Å². The molecule has 1 amide bonds. The van der Waals surface area contributed by atoms with Gasteiger partial charge in [-0.05, 0) is 44.0 Å². The zero-order valence-electron chi connectivity index (χ0n) is 14.4. The van der Waals surface area contributed by atoms with Gasteiger partial charge in [0.25, 0.3) is 0 Å². The second-order valence-corrected chi connectivity index (χ2v) is 7.61. The van der Waals surface area contributed by atoms with Crippen LogP contribution in [0.2, 0.25) is 5.02 Å². The van der Waals surface area contributed by atoms with Crippen LogP contribution >= 0.6 is 23.4 Å². The summed E-state index contributed by atoms with van der Waals surface area (Å²) in [6, 6.07) is 7.83. The van der Waals surface area contributed by atoms with E-state index in [1.807, 2.05) is 29.2 Å². The zero-order valence-corrected chi connectivity index (χ0v) is 15.9. The van der Waals surface area contributed by atoms with Gasteiger partial charge < -0.3 is 4.90 Å². The van der Waals surface area contributed by atoms with Crippen molar-refractivity contribution in [2.45, 2.75) is 50.2 Å². The smallest absolute Gasteiger partial charge is 0.233 e. The molecule has 3 rings (SSSR count). The van der Waals surface area contributed by atoms with Crippen molar-refractivity contribution in [1.82, 2.24) is 20.1 Å². The van der Waals surface area contributed by atoms with E-state index < -0.39 is 0 Å². The highest BCUT2D eigenvalue weighted by Gasteiger charge is 2.24. The van der Waals surface area contributed by atoms with Crippen LogP contribution in [0.1, 0.15) is 39.0 Å². The molecule has 1 aliphatic carbocycles. The van der Waals surface area contributed by atoms with Crippen molar-refractivity contribution >= 4 is 29.3 Å². The van der Waals surface area contributed by atoms with E-state index in [2.05, 4.69) is 22.1 Å². The molecule has 134 valence electrons. The zero-order chi connectivity index (χ0) is 17.6. The first-order chi connectivity index (χ1) is 12.2. The molecule has 1 aromatic carbocycles. The van der Waals surface area contributed by atoms with Gasteiger partial charge in [-0.2, -0.15) is 0 Å². The summed E-state index contributed by atoms with van der Waals surface area (Å²) in [5.74, 6) is 1.24. The van der Waals surface area contributed by atoms with Crippen LogP contribution in [0.15, 0.2) is 29.4 Å². The number of H-pyrrole nitrogens is 1. The molecule has 1 aliphatic rings. The molecule has 25 heavy (non-hydrogen) atoms. The Balaban J connectivity index is 1.57. The fourth-order valence-corrected chi connectivity index (χ4v) is 4.10. The van der Waals surface area contributed by atoms with Crippen molar-refractivity contribution < 1.29 is 4.79 Å². The normalized spacial score (nSPS) is 15.3. The number of halogens is 1. The third kappa shape index (κ3) is 4.76. The molecule has 0 aliphatic heterocycles. The monoisotopic (exact) mass is 378 g/mol. The Morgan fingerprint density at radius 1 is 1.28 bits per heavy atom. The van der Waals surface area contributed by atoms with Crippen LogP contribution in [0.4, 0.5) is 0 Å². The number of aromatic nitrogens is 3. The summed E-state index contributed by atoms with van der Waals surface area (Å²) >= 11 is 7.29. The molecule has 0 spiro atoms. The lowest BCUT2D eigenvalue weighted by atomic mass is 9.94. The van der Waals surface area contributed by atoms with E-state index in [-0.39, 0.29) is 5.91 Å². The number of benzene rings is 1. The summed E-state index contributed by atoms with van der Waals surface area (Å²) in [5.41, 5.74) is 0.924. The van der Waals surface area contributed by atoms with Crippen LogP contribution in [-0.2, 0) is 4.79 Å². The van der Waals surface area contributed by atoms with E-state index in [1.54, 1.807) is 0 Å². The van der Waals surface area contributed by atoms with Crippen molar-refractivity contribution in [2.24, 2.45) is 0 Å². The van der Waals surface area contributed by atoms with Gasteiger partial charge in [-0.3, -0.25) is 9.89 Å². The first-order valence-corrected chi connectivity index (χ1v) is 10.1. The summed E-state index contributed by atoms with van der Waals surface area (Å²) in [6.45, 7) is 2.83. The fraction of sp³-hybridized carbons (Fsp3) is 0.500. The van der Waals surface area contributed by atoms with E-state index in [0.717, 1.165) is 24.9 Å². The van der Waals surface area contributed by atoms with Crippen molar-refractivity contribution in [1.29, 1.82) is 0 Å². The average Bonchev–Trinajstić information content (AvgIpc) is 3.11. The molecule has 1 fully saturated rings. The Morgan fingerprint density at radius 3 is 2.68 bits per heavy atom. The van der Waals surface area contributed by atoms with E-state index in [1.165, 1.54) is 31.0 Å². The number of nitrogens with one attached hydrogen (secondary N) is 1. The molecule has 0 atom stereocenters. The van der Waals surface area contributed by atoms with Crippen molar-refractivity contribution in [3.63, 3.8) is 0 Å². The summed E-state index contributed by atoms with van der Waals surface area (Å²) in [6.07, 6.45) is 6.01. The van der Waals surface area contributed by atoms with E-state index >= 15 is 0 Å². The largest absolute Gasteiger partial charge is 0.339 e. The Bertz CT molecular complexity index is 697. The second kappa shape index (κ2) is 8.72. The van der Waals surface area contributed by atoms with Crippen LogP contribution in [0.25, 0.3) is 11.4 Å². The third-order valence-corrected chi connectivity index (χ3v) is 5.67. The molecule has 1 aromatic heterocycles. The lowest BCUT2D eigenvalue weighted by Crippen LogP contribution is -2.42. The van der Waals surface area contributed by atoms with Crippen molar-refractivity contribution in [3.05, 3.63) is 29.3 Å². The number of rotatable bonds is 6. The van der Waals surface area contributed by atoms with Crippen LogP contribution in [0, 0.1) is 0 Å². The number of amides is 1. The predicted octanol–water partition coefficient (Wildman–Crippen LogP) is 4.40. The number of carbonyl (C=O) groups excluding carboxylic acids is 1. The average molecular weight is 379 g/mol. The van der Waals surface area contributed by atoms with Crippen LogP contribution in [0.3, 0.4) is 0 Å². The minimum Gasteiger partial charge on any atom is -0.339 e. The van der Waals surface area contributed by atoms with Crippen LogP contribution in [-0.4, -0.2) is 44.3 Å². The maximum absolute atomic E-state index is 12.6. The Labute approximate surface area is 157 Å². The van der Waals surface area contributed by atoms with Crippen molar-refractivity contribution in [2.75, 3.05) is 12.3 Å². The highest BCUT2D eigenvalue weighted by Crippen LogP contribution is 2.25. The minimum atomic E-state index is 0.178. The van der Waals surface area contributed by atoms with Crippen LogP contribution < -0.4 is 0 Å². The molecule has 7 heteroatoms. The Morgan fingerprint density at radius 2 is 2.00 bits per heavy atom. The fourth-order valence-electron chi connectivity index (χ4n) is 3.29. The number of aromatic amines is 1. The predicted molar refractivity (Wildman–Crippen MR) is 102 cm³/mol. The van der Waals surface area contributed by atoms with Gasteiger partial charge in [-0.15, -0.1) is 5.10 Å². The number of carbonyl (C=O) groups is 1. The molecule has 0 unspecified atom stereocenters. The Kier molecular flexibility index (Phi) is 6.37. The van der Waals surface area contributed by atoms with Gasteiger partial charge in [0.05, 0.1) is 5.75 Å². The molecule has 1 N–H and O–H groups in total. The van der Waals surface area contributed by atoms with E-state index in [4.69, 9.17) is 11.6 Å². The molecule has 2 aromatic rings. The maximum Gasteiger partial charge on any atom is 0.233 e. The van der Waals surface area contributed by atoms with Crippen molar-refractivity contribution in [3.8, 4) is 11.4 Å². The van der Waals surface area contributed by atoms with Gasteiger partial charge in [-0.25, -0.2) is 4.98 Å². The molecule has 0 radical (unpaired) electrons. The third-order valence-electron chi connectivity index (χ3n) is 4.58. The highest BCUT2D eigenvalue weighted by atomic mass is 35.5. The summed E-state index contributed by atoms with van der Waals surface area (Å²) < 4.78 is 0. The molecular formula is C18H23ClN4OS. The topological polar surface area (TPSA) is 61.9 Å². The molecular weight excluding hydrogens is 356 g/mol. The highest BCUT2D eigenvalue weighted by molar-refractivity contribution is 7.99. The molecule has 1 saturated carbocycles. The van der Waals surface area contributed by atoms with Crippen LogP contribution in [0.5, 0.6) is 0 Å². The van der Waals surface area contributed by atoms with Gasteiger partial charge in [0.15, 0.2) is 5.82 Å². The maximum atomic E-state index is 12.6. The Hall–Kier alpha value is -1.53. The number of nitrogens with zero attached hydrogens (tertiary/aromatic N) is 3. The quantitative estimate of drug-likeness (QED) is 0.757. The lowest BCUT2D eigenvalue weighted by Gasteiger charge is -2.33. The van der Waals surface area contributed by atoms with Gasteiger partial charge in [-0.1, -0.05) is 42.6 Å². The first-order valence-electron chi connectivity index (χ1n) is 8.78. The number of thioether (sulfide) groups is 1. The van der Waals surface area contributed by atoms with E-state index in [0.29, 0.717) is 27.8 Å². The second-order valence-electron chi connectivity index (χ2n) is 6.23. The van der Waals surface area contributed by atoms with Gasteiger partial charge >= 0.3 is 0 Å².